The molecule has 2 heterocycles. The molecule has 28 heavy (non-hydrogen) atoms. The van der Waals surface area contributed by atoms with Gasteiger partial charge in [-0.3, -0.25) is 4.79 Å². The number of nitrogens with zero attached hydrogens (tertiary/aromatic N) is 2. The number of halogens is 1. The summed E-state index contributed by atoms with van der Waals surface area (Å²) in [6.07, 6.45) is 0.0424. The second kappa shape index (κ2) is 7.26. The van der Waals surface area contributed by atoms with Crippen molar-refractivity contribution in [3.05, 3.63) is 40.4 Å². The van der Waals surface area contributed by atoms with Gasteiger partial charge in [0.25, 0.3) is 0 Å². The topological polar surface area (TPSA) is 104 Å². The third kappa shape index (κ3) is 3.23. The van der Waals surface area contributed by atoms with Gasteiger partial charge in [0.15, 0.2) is 0 Å². The molecule has 0 amide bonds. The molecule has 142 valence electrons. The van der Waals surface area contributed by atoms with Crippen molar-refractivity contribution < 1.29 is 19.4 Å². The van der Waals surface area contributed by atoms with E-state index < -0.39 is 12.0 Å². The molecule has 2 atom stereocenters. The maximum absolute atomic E-state index is 11.2. The molecule has 8 heteroatoms. The van der Waals surface area contributed by atoms with Gasteiger partial charge in [0.1, 0.15) is 17.9 Å². The summed E-state index contributed by atoms with van der Waals surface area (Å²) in [4.78, 5) is 15.8. The standard InChI is InChI=1S/C20H16BrN3O4/c1-27-18-7-13-12-3-2-10(8-22)4-16(12)24-19(14(13)6-15(18)21)28-11-5-17(20(25)26)23-9-11/h2-4,6-7,11,17,23H,5,9H2,1H3,(H,25,26)/t11-,17+/m1/s1. The SMILES string of the molecule is COc1cc2c(cc1Br)c(O[C@H]1CN[C@H](C(=O)O)C1)nc1cc(C#N)ccc12. The quantitative estimate of drug-likeness (QED) is 0.598. The van der Waals surface area contributed by atoms with Gasteiger partial charge in [0.05, 0.1) is 28.7 Å². The number of carboxylic acid groups (broad SMARTS) is 1. The predicted octanol–water partition coefficient (Wildman–Crippen LogP) is 3.22. The fourth-order valence-electron chi connectivity index (χ4n) is 3.43. The van der Waals surface area contributed by atoms with Crippen LogP contribution >= 0.6 is 15.9 Å². The number of hydrogen-bond donors (Lipinski definition) is 2. The Hall–Kier alpha value is -2.89. The third-order valence-electron chi connectivity index (χ3n) is 4.83. The van der Waals surface area contributed by atoms with E-state index in [9.17, 15) is 15.2 Å². The lowest BCUT2D eigenvalue weighted by Crippen LogP contribution is -2.30. The van der Waals surface area contributed by atoms with E-state index >= 15 is 0 Å². The number of fused-ring (bicyclic) bond motifs is 3. The number of rotatable bonds is 4. The van der Waals surface area contributed by atoms with Gasteiger partial charge in [-0.1, -0.05) is 6.07 Å². The van der Waals surface area contributed by atoms with Crippen LogP contribution in [0.5, 0.6) is 11.6 Å². The van der Waals surface area contributed by atoms with E-state index in [1.165, 1.54) is 0 Å². The first-order valence-electron chi connectivity index (χ1n) is 8.64. The minimum atomic E-state index is -0.895. The summed E-state index contributed by atoms with van der Waals surface area (Å²) in [5, 5.41) is 23.9. The van der Waals surface area contributed by atoms with Crippen LogP contribution < -0.4 is 14.8 Å². The number of nitriles is 1. The van der Waals surface area contributed by atoms with Crippen LogP contribution in [-0.2, 0) is 4.79 Å². The van der Waals surface area contributed by atoms with Crippen LogP contribution in [0.25, 0.3) is 21.7 Å². The molecule has 1 aliphatic heterocycles. The van der Waals surface area contributed by atoms with Crippen molar-refractivity contribution in [3.8, 4) is 17.7 Å². The Morgan fingerprint density at radius 1 is 1.32 bits per heavy atom. The number of pyridine rings is 1. The number of nitrogens with one attached hydrogen (secondary N) is 1. The average molecular weight is 442 g/mol. The highest BCUT2D eigenvalue weighted by molar-refractivity contribution is 9.10. The van der Waals surface area contributed by atoms with Crippen LogP contribution in [0.4, 0.5) is 0 Å². The monoisotopic (exact) mass is 441 g/mol. The van der Waals surface area contributed by atoms with Gasteiger partial charge in [-0.15, -0.1) is 0 Å². The first-order chi connectivity index (χ1) is 13.5. The third-order valence-corrected chi connectivity index (χ3v) is 5.45. The molecule has 7 nitrogen and oxygen atoms in total. The molecule has 3 aromatic rings. The Morgan fingerprint density at radius 2 is 2.14 bits per heavy atom. The first kappa shape index (κ1) is 18.5. The number of carboxylic acids is 1. The Kier molecular flexibility index (Phi) is 4.79. The van der Waals surface area contributed by atoms with E-state index in [0.29, 0.717) is 35.7 Å². The zero-order valence-corrected chi connectivity index (χ0v) is 16.5. The van der Waals surface area contributed by atoms with Crippen molar-refractivity contribution in [2.75, 3.05) is 13.7 Å². The van der Waals surface area contributed by atoms with Crippen molar-refractivity contribution in [1.29, 1.82) is 5.26 Å². The van der Waals surface area contributed by atoms with Gasteiger partial charge in [0, 0.05) is 29.1 Å². The van der Waals surface area contributed by atoms with Crippen molar-refractivity contribution >= 4 is 43.6 Å². The number of ether oxygens (including phenoxy) is 2. The Labute approximate surface area is 169 Å². The number of hydrogen-bond acceptors (Lipinski definition) is 6. The number of carbonyl (C=O) groups is 1. The van der Waals surface area contributed by atoms with Gasteiger partial charge in [-0.25, -0.2) is 4.98 Å². The molecule has 0 aliphatic carbocycles. The molecule has 0 spiro atoms. The number of benzene rings is 2. The summed E-state index contributed by atoms with van der Waals surface area (Å²) in [6.45, 7) is 0.424. The van der Waals surface area contributed by atoms with Gasteiger partial charge in [0.2, 0.25) is 5.88 Å². The lowest BCUT2D eigenvalue weighted by Gasteiger charge is -2.16. The van der Waals surface area contributed by atoms with E-state index in [1.54, 1.807) is 19.2 Å². The maximum Gasteiger partial charge on any atom is 0.320 e. The fourth-order valence-corrected chi connectivity index (χ4v) is 3.93. The Balaban J connectivity index is 1.87. The fraction of sp³-hybridized carbons (Fsp3) is 0.250. The summed E-state index contributed by atoms with van der Waals surface area (Å²) in [5.41, 5.74) is 1.13. The molecular weight excluding hydrogens is 426 g/mol. The van der Waals surface area contributed by atoms with Crippen LogP contribution in [0.2, 0.25) is 0 Å². The number of aliphatic carboxylic acids is 1. The van der Waals surface area contributed by atoms with Crippen molar-refractivity contribution in [2.24, 2.45) is 0 Å². The molecule has 0 bridgehead atoms. The summed E-state index contributed by atoms with van der Waals surface area (Å²) < 4.78 is 12.3. The molecule has 0 unspecified atom stereocenters. The Bertz CT molecular complexity index is 1140. The van der Waals surface area contributed by atoms with Gasteiger partial charge in [-0.05, 0) is 40.2 Å². The van der Waals surface area contributed by atoms with E-state index in [1.807, 2.05) is 18.2 Å². The summed E-state index contributed by atoms with van der Waals surface area (Å²) in [6, 6.07) is 10.6. The van der Waals surface area contributed by atoms with Crippen LogP contribution in [-0.4, -0.2) is 41.9 Å². The predicted molar refractivity (Wildman–Crippen MR) is 107 cm³/mol. The molecule has 1 saturated heterocycles. The molecule has 1 aromatic heterocycles. The van der Waals surface area contributed by atoms with Crippen LogP contribution in [0.3, 0.4) is 0 Å². The van der Waals surface area contributed by atoms with Crippen LogP contribution in [0.1, 0.15) is 12.0 Å². The highest BCUT2D eigenvalue weighted by Crippen LogP contribution is 2.38. The Morgan fingerprint density at radius 3 is 2.82 bits per heavy atom. The van der Waals surface area contributed by atoms with Crippen molar-refractivity contribution in [2.45, 2.75) is 18.6 Å². The van der Waals surface area contributed by atoms with Crippen molar-refractivity contribution in [3.63, 3.8) is 0 Å². The van der Waals surface area contributed by atoms with E-state index in [2.05, 4.69) is 32.3 Å². The van der Waals surface area contributed by atoms with Gasteiger partial charge < -0.3 is 19.9 Å². The first-order valence-corrected chi connectivity index (χ1v) is 9.43. The molecule has 2 N–H and O–H groups in total. The largest absolute Gasteiger partial charge is 0.496 e. The van der Waals surface area contributed by atoms with E-state index in [4.69, 9.17) is 9.47 Å². The molecule has 0 saturated carbocycles. The van der Waals surface area contributed by atoms with Gasteiger partial charge in [-0.2, -0.15) is 5.26 Å². The molecule has 4 rings (SSSR count). The second-order valence-electron chi connectivity index (χ2n) is 6.57. The minimum absolute atomic E-state index is 0.311. The lowest BCUT2D eigenvalue weighted by atomic mass is 10.0. The highest BCUT2D eigenvalue weighted by atomic mass is 79.9. The maximum atomic E-state index is 11.2. The number of methoxy groups -OCH3 is 1. The second-order valence-corrected chi connectivity index (χ2v) is 7.42. The summed E-state index contributed by atoms with van der Waals surface area (Å²) >= 11 is 3.50. The highest BCUT2D eigenvalue weighted by Gasteiger charge is 2.31. The molecular formula is C20H16BrN3O4. The normalized spacial score (nSPS) is 18.9. The molecule has 1 fully saturated rings. The van der Waals surface area contributed by atoms with Crippen molar-refractivity contribution in [1.82, 2.24) is 10.3 Å². The zero-order valence-electron chi connectivity index (χ0n) is 14.9. The van der Waals surface area contributed by atoms with Gasteiger partial charge >= 0.3 is 5.97 Å². The molecule has 2 aromatic carbocycles. The van der Waals surface area contributed by atoms with E-state index in [-0.39, 0.29) is 6.10 Å². The molecule has 1 aliphatic rings. The summed E-state index contributed by atoms with van der Waals surface area (Å²) in [5.74, 6) is 0.177. The molecule has 0 radical (unpaired) electrons. The van der Waals surface area contributed by atoms with Crippen LogP contribution in [0, 0.1) is 11.3 Å². The zero-order chi connectivity index (χ0) is 19.8. The average Bonchev–Trinajstić information content (AvgIpc) is 3.16. The van der Waals surface area contributed by atoms with E-state index in [0.717, 1.165) is 20.6 Å². The summed E-state index contributed by atoms with van der Waals surface area (Å²) in [7, 11) is 1.59. The minimum Gasteiger partial charge on any atom is -0.496 e. The number of aromatic nitrogens is 1. The lowest BCUT2D eigenvalue weighted by molar-refractivity contribution is -0.139. The van der Waals surface area contributed by atoms with Crippen LogP contribution in [0.15, 0.2) is 34.8 Å². The smallest absolute Gasteiger partial charge is 0.320 e.